The van der Waals surface area contributed by atoms with Gasteiger partial charge in [-0.15, -0.1) is 0 Å². The molecule has 1 atom stereocenters. The third-order valence-corrected chi connectivity index (χ3v) is 4.29. The lowest BCUT2D eigenvalue weighted by Crippen LogP contribution is -3.06. The number of benzene rings is 2. The van der Waals surface area contributed by atoms with Crippen molar-refractivity contribution in [2.45, 2.75) is 13.1 Å². The summed E-state index contributed by atoms with van der Waals surface area (Å²) in [6, 6.07) is 12.1. The highest BCUT2D eigenvalue weighted by atomic mass is 16.5. The lowest BCUT2D eigenvalue weighted by molar-refractivity contribution is -0.907. The molecule has 0 saturated carbocycles. The topological polar surface area (TPSA) is 73.3 Å². The Morgan fingerprint density at radius 3 is 2.50 bits per heavy atom. The molecule has 0 amide bonds. The van der Waals surface area contributed by atoms with Gasteiger partial charge in [0.2, 0.25) is 0 Å². The van der Waals surface area contributed by atoms with Crippen LogP contribution in [0.15, 0.2) is 51.7 Å². The molecule has 0 spiro atoms. The molecule has 1 unspecified atom stereocenters. The van der Waals surface area contributed by atoms with Crippen LogP contribution in [-0.2, 0) is 13.1 Å². The zero-order valence-corrected chi connectivity index (χ0v) is 15.0. The summed E-state index contributed by atoms with van der Waals surface area (Å²) < 4.78 is 15.9. The molecule has 0 aliphatic rings. The molecule has 6 heteroatoms. The number of quaternary nitrogens is 1. The Kier molecular flexibility index (Phi) is 5.14. The second kappa shape index (κ2) is 7.49. The van der Waals surface area contributed by atoms with E-state index in [1.165, 1.54) is 17.0 Å². The molecule has 2 aromatic carbocycles. The maximum Gasteiger partial charge on any atom is 0.336 e. The van der Waals surface area contributed by atoms with Gasteiger partial charge in [0.05, 0.1) is 21.3 Å². The number of nitrogens with one attached hydrogen (secondary N) is 1. The smallest absolute Gasteiger partial charge is 0.336 e. The average Bonchev–Trinajstić information content (AvgIpc) is 2.61. The molecule has 0 radical (unpaired) electrons. The molecule has 1 heterocycles. The van der Waals surface area contributed by atoms with Crippen LogP contribution < -0.4 is 20.0 Å². The van der Waals surface area contributed by atoms with Crippen molar-refractivity contribution in [2.24, 2.45) is 0 Å². The molecule has 0 bridgehead atoms. The van der Waals surface area contributed by atoms with E-state index < -0.39 is 5.63 Å². The molecule has 26 heavy (non-hydrogen) atoms. The van der Waals surface area contributed by atoms with Gasteiger partial charge < -0.3 is 23.9 Å². The first kappa shape index (κ1) is 17.8. The molecule has 6 nitrogen and oxygen atoms in total. The minimum absolute atomic E-state index is 0.0708. The van der Waals surface area contributed by atoms with Crippen LogP contribution in [0.5, 0.6) is 17.2 Å². The average molecular weight is 356 g/mol. The molecule has 3 rings (SSSR count). The molecule has 0 aliphatic carbocycles. The van der Waals surface area contributed by atoms with E-state index in [4.69, 9.17) is 13.9 Å². The SMILES string of the molecule is COc1ccc(C[NH+](C)Cc2cc(=O)oc3cc(O)ccc23)c(OC)c1. The summed E-state index contributed by atoms with van der Waals surface area (Å²) in [6.45, 7) is 1.34. The summed E-state index contributed by atoms with van der Waals surface area (Å²) in [7, 11) is 5.30. The Bertz CT molecular complexity index is 980. The van der Waals surface area contributed by atoms with Crippen LogP contribution in [-0.4, -0.2) is 26.4 Å². The van der Waals surface area contributed by atoms with Crippen LogP contribution in [0.2, 0.25) is 0 Å². The predicted octanol–water partition coefficient (Wildman–Crippen LogP) is 1.73. The third kappa shape index (κ3) is 3.81. The minimum atomic E-state index is -0.423. The van der Waals surface area contributed by atoms with E-state index in [-0.39, 0.29) is 5.75 Å². The second-order valence-electron chi connectivity index (χ2n) is 6.26. The number of rotatable bonds is 6. The fraction of sp³-hybridized carbons (Fsp3) is 0.250. The fourth-order valence-electron chi connectivity index (χ4n) is 3.08. The van der Waals surface area contributed by atoms with Gasteiger partial charge in [-0.25, -0.2) is 4.79 Å². The quantitative estimate of drug-likeness (QED) is 0.658. The van der Waals surface area contributed by atoms with Gasteiger partial charge in [0.15, 0.2) is 0 Å². The van der Waals surface area contributed by atoms with Gasteiger partial charge in [0.25, 0.3) is 0 Å². The maximum atomic E-state index is 11.8. The number of hydrogen-bond acceptors (Lipinski definition) is 5. The first-order valence-electron chi connectivity index (χ1n) is 8.28. The van der Waals surface area contributed by atoms with Gasteiger partial charge in [-0.05, 0) is 24.3 Å². The van der Waals surface area contributed by atoms with Gasteiger partial charge in [-0.1, -0.05) is 0 Å². The second-order valence-corrected chi connectivity index (χ2v) is 6.26. The van der Waals surface area contributed by atoms with Crippen LogP contribution in [0.4, 0.5) is 0 Å². The predicted molar refractivity (Wildman–Crippen MR) is 98.0 cm³/mol. The number of ether oxygens (including phenoxy) is 2. The number of hydrogen-bond donors (Lipinski definition) is 2. The van der Waals surface area contributed by atoms with E-state index in [2.05, 4.69) is 0 Å². The first-order valence-corrected chi connectivity index (χ1v) is 8.28. The number of fused-ring (bicyclic) bond motifs is 1. The number of methoxy groups -OCH3 is 2. The molecule has 2 N–H and O–H groups in total. The fourth-order valence-corrected chi connectivity index (χ4v) is 3.08. The van der Waals surface area contributed by atoms with Crippen LogP contribution in [0.1, 0.15) is 11.1 Å². The number of phenolic OH excluding ortho intramolecular Hbond substituents is 1. The Morgan fingerprint density at radius 2 is 1.77 bits per heavy atom. The van der Waals surface area contributed by atoms with Crippen LogP contribution in [0.25, 0.3) is 11.0 Å². The first-order chi connectivity index (χ1) is 12.5. The molecule has 1 aromatic heterocycles. The molecular weight excluding hydrogens is 334 g/mol. The van der Waals surface area contributed by atoms with E-state index >= 15 is 0 Å². The minimum Gasteiger partial charge on any atom is -0.508 e. The summed E-state index contributed by atoms with van der Waals surface area (Å²) in [5.41, 5.74) is 1.90. The molecule has 0 aliphatic heterocycles. The maximum absolute atomic E-state index is 11.8. The zero-order valence-electron chi connectivity index (χ0n) is 15.0. The van der Waals surface area contributed by atoms with Gasteiger partial charge >= 0.3 is 5.63 Å². The summed E-state index contributed by atoms with van der Waals surface area (Å²) in [5.74, 6) is 1.59. The van der Waals surface area contributed by atoms with Gasteiger partial charge in [0.1, 0.15) is 35.9 Å². The van der Waals surface area contributed by atoms with Crippen molar-refractivity contribution in [2.75, 3.05) is 21.3 Å². The summed E-state index contributed by atoms with van der Waals surface area (Å²) in [6.07, 6.45) is 0. The van der Waals surface area contributed by atoms with E-state index in [9.17, 15) is 9.90 Å². The van der Waals surface area contributed by atoms with Crippen molar-refractivity contribution in [3.63, 3.8) is 0 Å². The monoisotopic (exact) mass is 356 g/mol. The molecule has 0 fully saturated rings. The van der Waals surface area contributed by atoms with Gasteiger partial charge in [-0.2, -0.15) is 0 Å². The Balaban J connectivity index is 1.86. The molecule has 136 valence electrons. The Hall–Kier alpha value is -2.99. The number of phenols is 1. The molecule has 0 saturated heterocycles. The van der Waals surface area contributed by atoms with Crippen LogP contribution in [0.3, 0.4) is 0 Å². The normalized spacial score (nSPS) is 12.1. The summed E-state index contributed by atoms with van der Waals surface area (Å²) >= 11 is 0. The van der Waals surface area contributed by atoms with Crippen molar-refractivity contribution in [3.8, 4) is 17.2 Å². The zero-order chi connectivity index (χ0) is 18.7. The van der Waals surface area contributed by atoms with Crippen LogP contribution in [0, 0.1) is 0 Å². The van der Waals surface area contributed by atoms with Crippen molar-refractivity contribution < 1.29 is 23.9 Å². The highest BCUT2D eigenvalue weighted by Crippen LogP contribution is 2.24. The largest absolute Gasteiger partial charge is 0.508 e. The van der Waals surface area contributed by atoms with Crippen molar-refractivity contribution in [3.05, 3.63) is 64.0 Å². The van der Waals surface area contributed by atoms with Crippen molar-refractivity contribution >= 4 is 11.0 Å². The standard InChI is InChI=1S/C20H21NO5/c1-21(11-13-4-6-16(24-2)10-18(13)25-3)12-14-8-20(23)26-19-9-15(22)5-7-17(14)19/h4-10,22H,11-12H2,1-3H3/p+1. The summed E-state index contributed by atoms with van der Waals surface area (Å²) in [5, 5.41) is 10.4. The Labute approximate surface area is 151 Å². The van der Waals surface area contributed by atoms with Crippen molar-refractivity contribution in [1.29, 1.82) is 0 Å². The van der Waals surface area contributed by atoms with E-state index in [0.29, 0.717) is 18.7 Å². The van der Waals surface area contributed by atoms with E-state index in [1.807, 2.05) is 25.2 Å². The highest BCUT2D eigenvalue weighted by molar-refractivity contribution is 5.81. The van der Waals surface area contributed by atoms with Crippen LogP contribution >= 0.6 is 0 Å². The third-order valence-electron chi connectivity index (χ3n) is 4.29. The Morgan fingerprint density at radius 1 is 1.00 bits per heavy atom. The van der Waals surface area contributed by atoms with E-state index in [0.717, 1.165) is 28.0 Å². The number of aromatic hydroxyl groups is 1. The molecule has 3 aromatic rings. The lowest BCUT2D eigenvalue weighted by atomic mass is 10.1. The van der Waals surface area contributed by atoms with Gasteiger partial charge in [0, 0.05) is 34.7 Å². The summed E-state index contributed by atoms with van der Waals surface area (Å²) in [4.78, 5) is 13.0. The van der Waals surface area contributed by atoms with Crippen molar-refractivity contribution in [1.82, 2.24) is 0 Å². The molecular formula is C20H22NO5+. The van der Waals surface area contributed by atoms with Gasteiger partial charge in [-0.3, -0.25) is 0 Å². The lowest BCUT2D eigenvalue weighted by Gasteiger charge is -2.17. The van der Waals surface area contributed by atoms with E-state index in [1.54, 1.807) is 26.4 Å². The highest BCUT2D eigenvalue weighted by Gasteiger charge is 2.14.